The highest BCUT2D eigenvalue weighted by atomic mass is 32.1. The molecule has 126 valence electrons. The first-order valence-corrected chi connectivity index (χ1v) is 9.06. The summed E-state index contributed by atoms with van der Waals surface area (Å²) in [6.07, 6.45) is 3.84. The minimum absolute atomic E-state index is 0.0860. The number of amides is 2. The summed E-state index contributed by atoms with van der Waals surface area (Å²) in [6.45, 7) is 0. The van der Waals surface area contributed by atoms with Crippen molar-refractivity contribution in [3.63, 3.8) is 0 Å². The average Bonchev–Trinajstić information content (AvgIpc) is 3.18. The van der Waals surface area contributed by atoms with Gasteiger partial charge >= 0.3 is 5.00 Å². The van der Waals surface area contributed by atoms with Crippen LogP contribution in [0.1, 0.15) is 43.3 Å². The number of nitrogens with one attached hydrogen (secondary N) is 2. The third-order valence-corrected chi connectivity index (χ3v) is 6.09. The van der Waals surface area contributed by atoms with Gasteiger partial charge in [-0.15, -0.1) is 11.3 Å². The molecule has 24 heavy (non-hydrogen) atoms. The smallest absolute Gasteiger partial charge is 0.324 e. The maximum atomic E-state index is 12.4. The Morgan fingerprint density at radius 1 is 1.17 bits per heavy atom. The fourth-order valence-electron chi connectivity index (χ4n) is 2.73. The normalized spacial score (nSPS) is 13.2. The van der Waals surface area contributed by atoms with Crippen LogP contribution in [-0.4, -0.2) is 23.8 Å². The van der Waals surface area contributed by atoms with Crippen LogP contribution in [0.15, 0.2) is 12.1 Å². The molecule has 0 saturated heterocycles. The van der Waals surface area contributed by atoms with Crippen LogP contribution in [0.4, 0.5) is 10.0 Å². The topological polar surface area (TPSA) is 101 Å². The van der Waals surface area contributed by atoms with E-state index in [2.05, 4.69) is 10.6 Å². The monoisotopic (exact) mass is 365 g/mol. The Morgan fingerprint density at radius 2 is 1.92 bits per heavy atom. The lowest BCUT2D eigenvalue weighted by molar-refractivity contribution is -0.380. The lowest BCUT2D eigenvalue weighted by Gasteiger charge is -2.12. The zero-order valence-electron chi connectivity index (χ0n) is 12.9. The first kappa shape index (κ1) is 16.6. The van der Waals surface area contributed by atoms with Gasteiger partial charge in [0.1, 0.15) is 5.00 Å². The van der Waals surface area contributed by atoms with E-state index in [1.165, 1.54) is 23.5 Å². The van der Waals surface area contributed by atoms with Gasteiger partial charge in [-0.3, -0.25) is 19.7 Å². The molecule has 0 spiro atoms. The number of carbonyl (C=O) groups is 2. The van der Waals surface area contributed by atoms with E-state index in [0.717, 1.165) is 47.5 Å². The molecule has 2 amide bonds. The van der Waals surface area contributed by atoms with E-state index >= 15 is 0 Å². The maximum Gasteiger partial charge on any atom is 0.324 e. The lowest BCUT2D eigenvalue weighted by Crippen LogP contribution is -2.22. The molecule has 2 aromatic rings. The van der Waals surface area contributed by atoms with Crippen molar-refractivity contribution in [3.05, 3.63) is 43.1 Å². The van der Waals surface area contributed by atoms with Crippen molar-refractivity contribution in [2.24, 2.45) is 0 Å². The molecule has 2 N–H and O–H groups in total. The number of fused-ring (bicyclic) bond motifs is 1. The molecule has 9 heteroatoms. The molecule has 0 bridgehead atoms. The molecule has 0 radical (unpaired) electrons. The van der Waals surface area contributed by atoms with Crippen LogP contribution in [0.25, 0.3) is 0 Å². The van der Waals surface area contributed by atoms with Gasteiger partial charge in [0, 0.05) is 18.0 Å². The fraction of sp³-hybridized carbons (Fsp3) is 0.333. The van der Waals surface area contributed by atoms with Gasteiger partial charge in [0.05, 0.1) is 15.4 Å². The van der Waals surface area contributed by atoms with Crippen molar-refractivity contribution >= 4 is 44.5 Å². The van der Waals surface area contributed by atoms with Crippen molar-refractivity contribution in [2.75, 3.05) is 12.4 Å². The first-order chi connectivity index (χ1) is 11.5. The number of anilines is 1. The molecule has 0 fully saturated rings. The zero-order chi connectivity index (χ0) is 17.3. The molecule has 3 rings (SSSR count). The highest BCUT2D eigenvalue weighted by Gasteiger charge is 2.26. The average molecular weight is 365 g/mol. The number of aryl methyl sites for hydroxylation is 1. The second-order valence-electron chi connectivity index (χ2n) is 5.34. The Bertz CT molecular complexity index is 825. The number of hydrogen-bond donors (Lipinski definition) is 2. The Balaban J connectivity index is 1.91. The van der Waals surface area contributed by atoms with E-state index in [-0.39, 0.29) is 15.8 Å². The van der Waals surface area contributed by atoms with E-state index in [1.54, 1.807) is 7.05 Å². The standard InChI is InChI=1S/C15H15N3O4S2/c1-16-14(20)12-8-4-2-3-5-9(8)24-15(12)17-13(19)10-6-7-11(23-10)18(21)22/h6-7H,2-5H2,1H3,(H,16,20)(H,17,19). The van der Waals surface area contributed by atoms with E-state index in [1.807, 2.05) is 0 Å². The van der Waals surface area contributed by atoms with Crippen LogP contribution in [0.2, 0.25) is 0 Å². The van der Waals surface area contributed by atoms with Crippen LogP contribution in [-0.2, 0) is 12.8 Å². The second kappa shape index (κ2) is 6.70. The molecule has 1 aliphatic carbocycles. The zero-order valence-corrected chi connectivity index (χ0v) is 14.5. The predicted molar refractivity (Wildman–Crippen MR) is 93.3 cm³/mol. The van der Waals surface area contributed by atoms with Crippen molar-refractivity contribution in [1.29, 1.82) is 0 Å². The molecule has 7 nitrogen and oxygen atoms in total. The number of rotatable bonds is 4. The summed E-state index contributed by atoms with van der Waals surface area (Å²) in [5.41, 5.74) is 1.54. The van der Waals surface area contributed by atoms with Gasteiger partial charge in [-0.25, -0.2) is 0 Å². The van der Waals surface area contributed by atoms with E-state index in [9.17, 15) is 19.7 Å². The number of nitrogens with zero attached hydrogens (tertiary/aromatic N) is 1. The van der Waals surface area contributed by atoms with Gasteiger partial charge in [0.15, 0.2) is 0 Å². The molecule has 1 aliphatic rings. The summed E-state index contributed by atoms with van der Waals surface area (Å²) in [7, 11) is 1.56. The summed E-state index contributed by atoms with van der Waals surface area (Å²) in [4.78, 5) is 36.2. The van der Waals surface area contributed by atoms with Crippen molar-refractivity contribution < 1.29 is 14.5 Å². The summed E-state index contributed by atoms with van der Waals surface area (Å²) in [5.74, 6) is -0.654. The molecular weight excluding hydrogens is 350 g/mol. The minimum atomic E-state index is -0.527. The lowest BCUT2D eigenvalue weighted by atomic mass is 9.95. The van der Waals surface area contributed by atoms with Gasteiger partial charge in [-0.2, -0.15) is 0 Å². The quantitative estimate of drug-likeness (QED) is 0.641. The number of nitro groups is 1. The van der Waals surface area contributed by atoms with Crippen molar-refractivity contribution in [3.8, 4) is 0 Å². The van der Waals surface area contributed by atoms with Gasteiger partial charge in [0.2, 0.25) is 0 Å². The minimum Gasteiger partial charge on any atom is -0.355 e. The van der Waals surface area contributed by atoms with Crippen molar-refractivity contribution in [1.82, 2.24) is 5.32 Å². The summed E-state index contributed by atoms with van der Waals surface area (Å²) < 4.78 is 0. The van der Waals surface area contributed by atoms with Crippen LogP contribution in [0.3, 0.4) is 0 Å². The number of thiophene rings is 2. The fourth-order valence-corrected chi connectivity index (χ4v) is 4.73. The van der Waals surface area contributed by atoms with Gasteiger partial charge in [-0.1, -0.05) is 11.3 Å². The largest absolute Gasteiger partial charge is 0.355 e. The number of hydrogen-bond acceptors (Lipinski definition) is 6. The Morgan fingerprint density at radius 3 is 2.58 bits per heavy atom. The highest BCUT2D eigenvalue weighted by molar-refractivity contribution is 7.18. The van der Waals surface area contributed by atoms with Crippen LogP contribution < -0.4 is 10.6 Å². The van der Waals surface area contributed by atoms with Crippen LogP contribution in [0.5, 0.6) is 0 Å². The highest BCUT2D eigenvalue weighted by Crippen LogP contribution is 2.38. The van der Waals surface area contributed by atoms with E-state index in [0.29, 0.717) is 10.6 Å². The van der Waals surface area contributed by atoms with Gasteiger partial charge in [0.25, 0.3) is 11.8 Å². The molecule has 0 saturated carbocycles. The second-order valence-corrected chi connectivity index (χ2v) is 7.51. The number of carbonyl (C=O) groups excluding carboxylic acids is 2. The summed E-state index contributed by atoms with van der Waals surface area (Å²) >= 11 is 2.24. The predicted octanol–water partition coefficient (Wildman–Crippen LogP) is 3.21. The van der Waals surface area contributed by atoms with E-state index in [4.69, 9.17) is 0 Å². The Hall–Kier alpha value is -2.26. The van der Waals surface area contributed by atoms with Crippen LogP contribution in [0, 0.1) is 10.1 Å². The Labute approximate surface area is 145 Å². The molecular formula is C15H15N3O4S2. The van der Waals surface area contributed by atoms with Crippen LogP contribution >= 0.6 is 22.7 Å². The van der Waals surface area contributed by atoms with Gasteiger partial charge < -0.3 is 10.6 Å². The third-order valence-electron chi connectivity index (χ3n) is 3.85. The molecule has 2 aromatic heterocycles. The van der Waals surface area contributed by atoms with Crippen molar-refractivity contribution in [2.45, 2.75) is 25.7 Å². The van der Waals surface area contributed by atoms with Gasteiger partial charge in [-0.05, 0) is 37.3 Å². The SMILES string of the molecule is CNC(=O)c1c(NC(=O)c2ccc([N+](=O)[O-])s2)sc2c1CCCC2. The molecule has 0 aromatic carbocycles. The third kappa shape index (κ3) is 3.04. The maximum absolute atomic E-state index is 12.4. The first-order valence-electron chi connectivity index (χ1n) is 7.43. The molecule has 0 aliphatic heterocycles. The van der Waals surface area contributed by atoms with E-state index < -0.39 is 10.8 Å². The summed E-state index contributed by atoms with van der Waals surface area (Å²) in [5, 5.41) is 16.6. The summed E-state index contributed by atoms with van der Waals surface area (Å²) in [6, 6.07) is 2.73. The Kier molecular flexibility index (Phi) is 4.63. The molecule has 0 unspecified atom stereocenters. The molecule has 2 heterocycles. The molecule has 0 atom stereocenters.